The first-order valence-electron chi connectivity index (χ1n) is 5.23. The molecule has 1 fully saturated rings. The van der Waals surface area contributed by atoms with Crippen molar-refractivity contribution in [1.82, 2.24) is 0 Å². The van der Waals surface area contributed by atoms with Gasteiger partial charge in [-0.15, -0.1) is 0 Å². The predicted molar refractivity (Wildman–Crippen MR) is 67.5 cm³/mol. The van der Waals surface area contributed by atoms with E-state index < -0.39 is 0 Å². The Morgan fingerprint density at radius 3 is 2.57 bits per heavy atom. The van der Waals surface area contributed by atoms with Gasteiger partial charge in [0.15, 0.2) is 0 Å². The van der Waals surface area contributed by atoms with Crippen LogP contribution in [-0.4, -0.2) is 0 Å². The predicted octanol–water partition coefficient (Wildman–Crippen LogP) is 4.98. The topological polar surface area (TPSA) is 0 Å². The molecule has 1 rings (SSSR count). The second-order valence-corrected chi connectivity index (χ2v) is 5.06. The van der Waals surface area contributed by atoms with E-state index in [2.05, 4.69) is 43.3 Å². The molecule has 0 amide bonds. The van der Waals surface area contributed by atoms with Crippen LogP contribution < -0.4 is 0 Å². The van der Waals surface area contributed by atoms with E-state index in [1.807, 2.05) is 6.08 Å². The Hall–Kier alpha value is -0.300. The highest BCUT2D eigenvalue weighted by Gasteiger charge is 2.24. The van der Waals surface area contributed by atoms with Crippen LogP contribution in [0.3, 0.4) is 0 Å². The highest BCUT2D eigenvalue weighted by atomic mass is 79.9. The molecule has 78 valence electrons. The summed E-state index contributed by atoms with van der Waals surface area (Å²) in [5.74, 6) is 0.623. The molecule has 0 aromatic heterocycles. The minimum absolute atomic E-state index is 0.623. The number of rotatable bonds is 2. The summed E-state index contributed by atoms with van der Waals surface area (Å²) in [6.07, 6.45) is 5.82. The van der Waals surface area contributed by atoms with Crippen LogP contribution in [-0.2, 0) is 0 Å². The Morgan fingerprint density at radius 1 is 1.43 bits per heavy atom. The summed E-state index contributed by atoms with van der Waals surface area (Å²) in [6, 6.07) is 0. The lowest BCUT2D eigenvalue weighted by Crippen LogP contribution is -1.99. The third-order valence-corrected chi connectivity index (χ3v) is 4.30. The van der Waals surface area contributed by atoms with E-state index in [4.69, 9.17) is 0 Å². The summed E-state index contributed by atoms with van der Waals surface area (Å²) in [7, 11) is 0. The van der Waals surface area contributed by atoms with E-state index in [9.17, 15) is 0 Å². The summed E-state index contributed by atoms with van der Waals surface area (Å²) in [5.41, 5.74) is 4.34. The third-order valence-electron chi connectivity index (χ3n) is 2.96. The minimum atomic E-state index is 0.623. The van der Waals surface area contributed by atoms with E-state index in [1.165, 1.54) is 34.9 Å². The smallest absolute Gasteiger partial charge is 0.0119 e. The maximum atomic E-state index is 3.85. The van der Waals surface area contributed by atoms with Crippen LogP contribution in [0.4, 0.5) is 0 Å². The van der Waals surface area contributed by atoms with Crippen LogP contribution in [0.25, 0.3) is 0 Å². The summed E-state index contributed by atoms with van der Waals surface area (Å²) >= 11 is 3.72. The number of hydrogen-bond donors (Lipinski definition) is 0. The van der Waals surface area contributed by atoms with Gasteiger partial charge >= 0.3 is 0 Å². The van der Waals surface area contributed by atoms with Gasteiger partial charge in [0.05, 0.1) is 0 Å². The van der Waals surface area contributed by atoms with E-state index in [-0.39, 0.29) is 0 Å². The number of halogens is 1. The molecule has 0 radical (unpaired) electrons. The standard InChI is InChI=1S/C13H19Br/c1-5-10(4)11-7-6-8-12(11)13(14)9(2)3/h5,12H,1,6-8H2,2-4H3/b11-10-. The second kappa shape index (κ2) is 4.97. The summed E-state index contributed by atoms with van der Waals surface area (Å²) in [4.78, 5) is 0. The van der Waals surface area contributed by atoms with Gasteiger partial charge in [0, 0.05) is 10.4 Å². The molecule has 0 aromatic carbocycles. The molecule has 0 N–H and O–H groups in total. The van der Waals surface area contributed by atoms with Crippen molar-refractivity contribution in [3.05, 3.63) is 33.9 Å². The zero-order chi connectivity index (χ0) is 10.7. The number of allylic oxidation sites excluding steroid dienone is 5. The first-order chi connectivity index (χ1) is 6.57. The Balaban J connectivity index is 3.01. The SMILES string of the molecule is C=C/C(C)=C1/CCCC1C(Br)=C(C)C. The molecule has 0 heterocycles. The molecule has 0 bridgehead atoms. The fourth-order valence-corrected chi connectivity index (χ4v) is 2.58. The van der Waals surface area contributed by atoms with Crippen molar-refractivity contribution in [3.8, 4) is 0 Å². The van der Waals surface area contributed by atoms with Crippen molar-refractivity contribution in [1.29, 1.82) is 0 Å². The van der Waals surface area contributed by atoms with E-state index in [1.54, 1.807) is 5.57 Å². The highest BCUT2D eigenvalue weighted by Crippen LogP contribution is 2.41. The molecule has 1 heteroatoms. The molecule has 14 heavy (non-hydrogen) atoms. The van der Waals surface area contributed by atoms with Crippen LogP contribution in [0.5, 0.6) is 0 Å². The maximum absolute atomic E-state index is 3.85. The van der Waals surface area contributed by atoms with Crippen LogP contribution >= 0.6 is 15.9 Å². The van der Waals surface area contributed by atoms with Gasteiger partial charge in [-0.05, 0) is 40.0 Å². The molecule has 0 spiro atoms. The van der Waals surface area contributed by atoms with Crippen LogP contribution in [0, 0.1) is 5.92 Å². The minimum Gasteiger partial charge on any atom is -0.0988 e. The molecular weight excluding hydrogens is 236 g/mol. The molecule has 0 nitrogen and oxygen atoms in total. The highest BCUT2D eigenvalue weighted by molar-refractivity contribution is 9.11. The Labute approximate surface area is 95.9 Å². The van der Waals surface area contributed by atoms with E-state index in [0.29, 0.717) is 5.92 Å². The zero-order valence-electron chi connectivity index (χ0n) is 9.36. The van der Waals surface area contributed by atoms with Gasteiger partial charge in [0.25, 0.3) is 0 Å². The van der Waals surface area contributed by atoms with Crippen molar-refractivity contribution >= 4 is 15.9 Å². The fourth-order valence-electron chi connectivity index (χ4n) is 2.08. The van der Waals surface area contributed by atoms with Crippen LogP contribution in [0.1, 0.15) is 40.0 Å². The first kappa shape index (κ1) is 11.8. The lowest BCUT2D eigenvalue weighted by molar-refractivity contribution is 0.749. The van der Waals surface area contributed by atoms with Gasteiger partial charge < -0.3 is 0 Å². The van der Waals surface area contributed by atoms with Crippen LogP contribution in [0.2, 0.25) is 0 Å². The number of hydrogen-bond acceptors (Lipinski definition) is 0. The van der Waals surface area contributed by atoms with Crippen molar-refractivity contribution in [2.75, 3.05) is 0 Å². The second-order valence-electron chi connectivity index (χ2n) is 4.21. The summed E-state index contributed by atoms with van der Waals surface area (Å²) < 4.78 is 1.38. The van der Waals surface area contributed by atoms with Crippen molar-refractivity contribution < 1.29 is 0 Å². The quantitative estimate of drug-likeness (QED) is 0.653. The first-order valence-corrected chi connectivity index (χ1v) is 6.02. The van der Waals surface area contributed by atoms with Crippen molar-refractivity contribution in [2.24, 2.45) is 5.92 Å². The molecule has 1 aliphatic carbocycles. The Kier molecular flexibility index (Phi) is 4.18. The third kappa shape index (κ3) is 2.38. The molecule has 1 unspecified atom stereocenters. The van der Waals surface area contributed by atoms with Gasteiger partial charge in [-0.25, -0.2) is 0 Å². The largest absolute Gasteiger partial charge is 0.0988 e. The normalized spacial score (nSPS) is 24.7. The maximum Gasteiger partial charge on any atom is 0.0119 e. The van der Waals surface area contributed by atoms with Crippen molar-refractivity contribution in [2.45, 2.75) is 40.0 Å². The van der Waals surface area contributed by atoms with Gasteiger partial charge in [0.2, 0.25) is 0 Å². The van der Waals surface area contributed by atoms with Crippen molar-refractivity contribution in [3.63, 3.8) is 0 Å². The average Bonchev–Trinajstić information content (AvgIpc) is 2.63. The molecule has 0 aromatic rings. The van der Waals surface area contributed by atoms with Crippen LogP contribution in [0.15, 0.2) is 33.9 Å². The molecule has 1 atom stereocenters. The lowest BCUT2D eigenvalue weighted by atomic mass is 9.96. The molecule has 0 aliphatic heterocycles. The monoisotopic (exact) mass is 254 g/mol. The van der Waals surface area contributed by atoms with E-state index >= 15 is 0 Å². The zero-order valence-corrected chi connectivity index (χ0v) is 10.9. The van der Waals surface area contributed by atoms with Gasteiger partial charge in [0.1, 0.15) is 0 Å². The molecule has 1 aliphatic rings. The van der Waals surface area contributed by atoms with Gasteiger partial charge in [-0.2, -0.15) is 0 Å². The van der Waals surface area contributed by atoms with Gasteiger partial charge in [-0.1, -0.05) is 45.3 Å². The van der Waals surface area contributed by atoms with Gasteiger partial charge in [-0.3, -0.25) is 0 Å². The Bertz CT molecular complexity index is 290. The fraction of sp³-hybridized carbons (Fsp3) is 0.538. The Morgan fingerprint density at radius 2 is 2.07 bits per heavy atom. The lowest BCUT2D eigenvalue weighted by Gasteiger charge is -2.15. The summed E-state index contributed by atoms with van der Waals surface area (Å²) in [5, 5.41) is 0. The van der Waals surface area contributed by atoms with E-state index in [0.717, 1.165) is 0 Å². The average molecular weight is 255 g/mol. The molecule has 1 saturated carbocycles. The summed E-state index contributed by atoms with van der Waals surface area (Å²) in [6.45, 7) is 10.4. The molecular formula is C13H19Br. The molecule has 0 saturated heterocycles.